The normalized spacial score (nSPS) is 10.4. The van der Waals surface area contributed by atoms with Gasteiger partial charge in [-0.15, -0.1) is 0 Å². The van der Waals surface area contributed by atoms with Gasteiger partial charge in [-0.3, -0.25) is 14.9 Å². The average molecular weight is 298 g/mol. The van der Waals surface area contributed by atoms with Crippen LogP contribution in [-0.4, -0.2) is 10.8 Å². The second-order valence-corrected chi connectivity index (χ2v) is 5.51. The van der Waals surface area contributed by atoms with Crippen LogP contribution in [0.25, 0.3) is 0 Å². The number of nitrogens with zero attached hydrogens (tertiary/aromatic N) is 1. The topological polar surface area (TPSA) is 72.2 Å². The fraction of sp³-hybridized carbons (Fsp3) is 0.235. The molecule has 0 spiro atoms. The minimum atomic E-state index is -0.489. The van der Waals surface area contributed by atoms with Gasteiger partial charge in [-0.1, -0.05) is 23.8 Å². The molecular weight excluding hydrogens is 280 g/mol. The third-order valence-electron chi connectivity index (χ3n) is 3.50. The predicted molar refractivity (Wildman–Crippen MR) is 86.4 cm³/mol. The minimum Gasteiger partial charge on any atom is -0.316 e. The Bertz CT molecular complexity index is 743. The molecule has 22 heavy (non-hydrogen) atoms. The smallest absolute Gasteiger partial charge is 0.293 e. The van der Waals surface area contributed by atoms with Crippen LogP contribution < -0.4 is 5.32 Å². The van der Waals surface area contributed by atoms with E-state index in [1.807, 2.05) is 32.9 Å². The molecule has 114 valence electrons. The van der Waals surface area contributed by atoms with Crippen molar-refractivity contribution in [1.29, 1.82) is 0 Å². The summed E-state index contributed by atoms with van der Waals surface area (Å²) in [5.74, 6) is -0.332. The molecule has 0 saturated heterocycles. The Hall–Kier alpha value is -2.69. The SMILES string of the molecule is Cc1cc(C)c(C(=O)Nc2ccc(C)cc2[N+](=O)[O-])c(C)c1. The lowest BCUT2D eigenvalue weighted by molar-refractivity contribution is -0.384. The van der Waals surface area contributed by atoms with Crippen molar-refractivity contribution in [3.05, 3.63) is 68.3 Å². The standard InChI is InChI=1S/C17H18N2O3/c1-10-5-6-14(15(9-10)19(21)22)18-17(20)16-12(3)7-11(2)8-13(16)4/h5-9H,1-4H3,(H,18,20). The number of carbonyl (C=O) groups excluding carboxylic acids is 1. The van der Waals surface area contributed by atoms with Crippen molar-refractivity contribution in [3.63, 3.8) is 0 Å². The van der Waals surface area contributed by atoms with E-state index in [9.17, 15) is 14.9 Å². The van der Waals surface area contributed by atoms with Gasteiger partial charge >= 0.3 is 0 Å². The van der Waals surface area contributed by atoms with Crippen molar-refractivity contribution in [1.82, 2.24) is 0 Å². The van der Waals surface area contributed by atoms with Crippen molar-refractivity contribution in [3.8, 4) is 0 Å². The van der Waals surface area contributed by atoms with Gasteiger partial charge in [-0.2, -0.15) is 0 Å². The first-order valence-electron chi connectivity index (χ1n) is 6.94. The summed E-state index contributed by atoms with van der Waals surface area (Å²) in [6.45, 7) is 7.45. The van der Waals surface area contributed by atoms with E-state index in [0.29, 0.717) is 5.56 Å². The molecule has 0 bridgehead atoms. The van der Waals surface area contributed by atoms with Gasteiger partial charge in [0.2, 0.25) is 0 Å². The summed E-state index contributed by atoms with van der Waals surface area (Å²) in [6, 6.07) is 8.59. The largest absolute Gasteiger partial charge is 0.316 e. The molecule has 0 heterocycles. The molecule has 5 heteroatoms. The molecule has 0 aliphatic heterocycles. The molecule has 0 fully saturated rings. The summed E-state index contributed by atoms with van der Waals surface area (Å²) in [5, 5.41) is 13.8. The second-order valence-electron chi connectivity index (χ2n) is 5.51. The maximum absolute atomic E-state index is 12.5. The van der Waals surface area contributed by atoms with Crippen molar-refractivity contribution in [2.75, 3.05) is 5.32 Å². The van der Waals surface area contributed by atoms with Crippen molar-refractivity contribution in [2.45, 2.75) is 27.7 Å². The zero-order chi connectivity index (χ0) is 16.4. The third kappa shape index (κ3) is 3.14. The fourth-order valence-electron chi connectivity index (χ4n) is 2.62. The number of carbonyl (C=O) groups is 1. The molecule has 5 nitrogen and oxygen atoms in total. The first-order chi connectivity index (χ1) is 10.3. The van der Waals surface area contributed by atoms with E-state index in [2.05, 4.69) is 5.32 Å². The molecule has 0 saturated carbocycles. The Labute approximate surface area is 129 Å². The third-order valence-corrected chi connectivity index (χ3v) is 3.50. The number of amides is 1. The van der Waals surface area contributed by atoms with Crippen molar-refractivity contribution >= 4 is 17.3 Å². The van der Waals surface area contributed by atoms with Gasteiger partial charge in [0, 0.05) is 11.6 Å². The molecule has 2 rings (SSSR count). The van der Waals surface area contributed by atoms with Crippen LogP contribution in [0.15, 0.2) is 30.3 Å². The number of benzene rings is 2. The highest BCUT2D eigenvalue weighted by Crippen LogP contribution is 2.27. The molecule has 2 aromatic carbocycles. The van der Waals surface area contributed by atoms with Crippen LogP contribution in [0.5, 0.6) is 0 Å². The fourth-order valence-corrected chi connectivity index (χ4v) is 2.62. The zero-order valence-corrected chi connectivity index (χ0v) is 13.1. The summed E-state index contributed by atoms with van der Waals surface area (Å²) in [6.07, 6.45) is 0. The van der Waals surface area contributed by atoms with Crippen LogP contribution in [0.1, 0.15) is 32.6 Å². The quantitative estimate of drug-likeness (QED) is 0.685. The lowest BCUT2D eigenvalue weighted by Gasteiger charge is -2.12. The van der Waals surface area contributed by atoms with Gasteiger partial charge in [-0.05, 0) is 50.5 Å². The number of hydrogen-bond acceptors (Lipinski definition) is 3. The molecule has 1 N–H and O–H groups in total. The Kier molecular flexibility index (Phi) is 4.26. The van der Waals surface area contributed by atoms with Crippen LogP contribution in [0, 0.1) is 37.8 Å². The zero-order valence-electron chi connectivity index (χ0n) is 13.1. The maximum atomic E-state index is 12.5. The van der Waals surface area contributed by atoms with Gasteiger partial charge < -0.3 is 5.32 Å². The van der Waals surface area contributed by atoms with Gasteiger partial charge in [0.1, 0.15) is 5.69 Å². The number of aryl methyl sites for hydroxylation is 4. The highest BCUT2D eigenvalue weighted by atomic mass is 16.6. The Balaban J connectivity index is 2.40. The summed E-state index contributed by atoms with van der Waals surface area (Å²) in [4.78, 5) is 23.1. The second kappa shape index (κ2) is 5.97. The monoisotopic (exact) mass is 298 g/mol. The molecule has 0 atom stereocenters. The van der Waals surface area contributed by atoms with Crippen LogP contribution in [-0.2, 0) is 0 Å². The summed E-state index contributed by atoms with van der Waals surface area (Å²) in [7, 11) is 0. The number of nitro benzene ring substituents is 1. The van der Waals surface area contributed by atoms with Crippen LogP contribution in [0.2, 0.25) is 0 Å². The van der Waals surface area contributed by atoms with Crippen LogP contribution in [0.3, 0.4) is 0 Å². The number of anilines is 1. The highest BCUT2D eigenvalue weighted by Gasteiger charge is 2.19. The summed E-state index contributed by atoms with van der Waals surface area (Å²) < 4.78 is 0. The first-order valence-corrected chi connectivity index (χ1v) is 6.94. The van der Waals surface area contributed by atoms with E-state index in [1.165, 1.54) is 6.07 Å². The Morgan fingerprint density at radius 3 is 2.14 bits per heavy atom. The van der Waals surface area contributed by atoms with E-state index in [0.717, 1.165) is 22.3 Å². The number of hydrogen-bond donors (Lipinski definition) is 1. The Morgan fingerprint density at radius 2 is 1.59 bits per heavy atom. The van der Waals surface area contributed by atoms with Gasteiger partial charge in [0.25, 0.3) is 11.6 Å². The summed E-state index contributed by atoms with van der Waals surface area (Å²) >= 11 is 0. The van der Waals surface area contributed by atoms with E-state index >= 15 is 0 Å². The van der Waals surface area contributed by atoms with E-state index in [-0.39, 0.29) is 17.3 Å². The van der Waals surface area contributed by atoms with E-state index < -0.39 is 4.92 Å². The molecule has 1 amide bonds. The summed E-state index contributed by atoms with van der Waals surface area (Å²) in [5.41, 5.74) is 4.21. The number of nitrogens with one attached hydrogen (secondary N) is 1. The minimum absolute atomic E-state index is 0.101. The van der Waals surface area contributed by atoms with Crippen molar-refractivity contribution < 1.29 is 9.72 Å². The number of rotatable bonds is 3. The van der Waals surface area contributed by atoms with Crippen molar-refractivity contribution in [2.24, 2.45) is 0 Å². The lowest BCUT2D eigenvalue weighted by Crippen LogP contribution is -2.16. The molecule has 2 aromatic rings. The highest BCUT2D eigenvalue weighted by molar-refractivity contribution is 6.07. The molecule has 0 aliphatic carbocycles. The molecule has 0 unspecified atom stereocenters. The van der Waals surface area contributed by atoms with Crippen LogP contribution in [0.4, 0.5) is 11.4 Å². The lowest BCUT2D eigenvalue weighted by atomic mass is 9.99. The average Bonchev–Trinajstić information content (AvgIpc) is 2.39. The first kappa shape index (κ1) is 15.7. The molecule has 0 radical (unpaired) electrons. The number of nitro groups is 1. The van der Waals surface area contributed by atoms with Gasteiger partial charge in [-0.25, -0.2) is 0 Å². The Morgan fingerprint density at radius 1 is 1.00 bits per heavy atom. The molecular formula is C17H18N2O3. The van der Waals surface area contributed by atoms with Gasteiger partial charge in [0.05, 0.1) is 4.92 Å². The predicted octanol–water partition coefficient (Wildman–Crippen LogP) is 4.08. The van der Waals surface area contributed by atoms with E-state index in [4.69, 9.17) is 0 Å². The molecule has 0 aromatic heterocycles. The molecule has 0 aliphatic rings. The van der Waals surface area contributed by atoms with Gasteiger partial charge in [0.15, 0.2) is 0 Å². The van der Waals surface area contributed by atoms with Crippen LogP contribution >= 0.6 is 0 Å². The van der Waals surface area contributed by atoms with E-state index in [1.54, 1.807) is 19.1 Å². The maximum Gasteiger partial charge on any atom is 0.293 e.